The monoisotopic (exact) mass is 325 g/mol. The third-order valence-corrected chi connectivity index (χ3v) is 4.88. The number of aromatic nitrogens is 2. The zero-order chi connectivity index (χ0) is 17.3. The zero-order valence-corrected chi connectivity index (χ0v) is 15.1. The number of hydrogen-bond acceptors (Lipinski definition) is 3. The molecule has 0 aliphatic carbocycles. The maximum absolute atomic E-state index is 11.9. The summed E-state index contributed by atoms with van der Waals surface area (Å²) in [7, 11) is 0. The number of benzene rings is 1. The molecule has 2 aromatic rings. The quantitative estimate of drug-likeness (QED) is 0.869. The molecule has 0 amide bonds. The molecule has 4 nitrogen and oxygen atoms in total. The van der Waals surface area contributed by atoms with Crippen LogP contribution in [0.5, 0.6) is 0 Å². The van der Waals surface area contributed by atoms with Gasteiger partial charge in [0.2, 0.25) is 0 Å². The molecule has 4 heteroatoms. The van der Waals surface area contributed by atoms with E-state index in [0.717, 1.165) is 37.2 Å². The van der Waals surface area contributed by atoms with Gasteiger partial charge in [0.1, 0.15) is 0 Å². The molecule has 0 N–H and O–H groups in total. The molecule has 0 radical (unpaired) electrons. The first-order valence-electron chi connectivity index (χ1n) is 8.92. The van der Waals surface area contributed by atoms with Crippen molar-refractivity contribution >= 4 is 0 Å². The van der Waals surface area contributed by atoms with E-state index in [1.165, 1.54) is 11.1 Å². The summed E-state index contributed by atoms with van der Waals surface area (Å²) in [6.07, 6.45) is 2.18. The molecule has 0 unspecified atom stereocenters. The highest BCUT2D eigenvalue weighted by Gasteiger charge is 2.17. The molecule has 1 aromatic carbocycles. The van der Waals surface area contributed by atoms with Crippen LogP contribution < -0.4 is 5.56 Å². The van der Waals surface area contributed by atoms with E-state index < -0.39 is 0 Å². The number of fused-ring (bicyclic) bond motifs is 1. The van der Waals surface area contributed by atoms with Crippen molar-refractivity contribution in [2.75, 3.05) is 13.1 Å². The third kappa shape index (κ3) is 3.44. The van der Waals surface area contributed by atoms with Crippen LogP contribution in [0.25, 0.3) is 11.3 Å². The van der Waals surface area contributed by atoms with E-state index in [1.807, 2.05) is 19.9 Å². The minimum Gasteiger partial charge on any atom is -0.300 e. The van der Waals surface area contributed by atoms with Gasteiger partial charge in [0.05, 0.1) is 11.7 Å². The molecular formula is C20H27N3O. The molecule has 1 aliphatic heterocycles. The molecule has 0 saturated carbocycles. The standard InChI is InChI=1S/C20H27N3O/c1-14(2)22-11-9-16-5-6-18(13-17(16)10-12-22)19-7-8-20(24)23(21-19)15(3)4/h5-8,13-15H,9-12H2,1-4H3. The van der Waals surface area contributed by atoms with Crippen LogP contribution >= 0.6 is 0 Å². The van der Waals surface area contributed by atoms with Crippen LogP contribution in [0.2, 0.25) is 0 Å². The van der Waals surface area contributed by atoms with E-state index in [9.17, 15) is 4.79 Å². The van der Waals surface area contributed by atoms with Gasteiger partial charge in [-0.05, 0) is 63.8 Å². The van der Waals surface area contributed by atoms with Crippen molar-refractivity contribution in [3.8, 4) is 11.3 Å². The molecule has 0 spiro atoms. The van der Waals surface area contributed by atoms with Crippen LogP contribution in [-0.2, 0) is 12.8 Å². The van der Waals surface area contributed by atoms with Gasteiger partial charge in [0.25, 0.3) is 5.56 Å². The maximum Gasteiger partial charge on any atom is 0.267 e. The Kier molecular flexibility index (Phi) is 4.86. The van der Waals surface area contributed by atoms with Gasteiger partial charge in [-0.2, -0.15) is 5.10 Å². The average Bonchev–Trinajstić information content (AvgIpc) is 2.77. The highest BCUT2D eigenvalue weighted by molar-refractivity contribution is 5.60. The lowest BCUT2D eigenvalue weighted by Crippen LogP contribution is -2.32. The van der Waals surface area contributed by atoms with Gasteiger partial charge in [0, 0.05) is 30.8 Å². The van der Waals surface area contributed by atoms with Gasteiger partial charge in [-0.15, -0.1) is 0 Å². The van der Waals surface area contributed by atoms with Gasteiger partial charge in [-0.25, -0.2) is 4.68 Å². The van der Waals surface area contributed by atoms with Gasteiger partial charge < -0.3 is 4.90 Å². The molecule has 0 atom stereocenters. The SMILES string of the molecule is CC(C)N1CCc2ccc(-c3ccc(=O)n(C(C)C)n3)cc2CC1. The van der Waals surface area contributed by atoms with Crippen molar-refractivity contribution in [1.29, 1.82) is 0 Å². The largest absolute Gasteiger partial charge is 0.300 e. The van der Waals surface area contributed by atoms with E-state index >= 15 is 0 Å². The van der Waals surface area contributed by atoms with Crippen LogP contribution in [0.4, 0.5) is 0 Å². The number of hydrogen-bond donors (Lipinski definition) is 0. The molecule has 1 aliphatic rings. The maximum atomic E-state index is 11.9. The Hall–Kier alpha value is -1.94. The Morgan fingerprint density at radius 3 is 2.29 bits per heavy atom. The fourth-order valence-corrected chi connectivity index (χ4v) is 3.37. The number of nitrogens with zero attached hydrogens (tertiary/aromatic N) is 3. The molecule has 24 heavy (non-hydrogen) atoms. The summed E-state index contributed by atoms with van der Waals surface area (Å²) in [5.41, 5.74) is 4.78. The minimum atomic E-state index is -0.0453. The van der Waals surface area contributed by atoms with Crippen molar-refractivity contribution in [1.82, 2.24) is 14.7 Å². The predicted molar refractivity (Wildman–Crippen MR) is 98.4 cm³/mol. The Labute approximate surface area is 144 Å². The summed E-state index contributed by atoms with van der Waals surface area (Å²) >= 11 is 0. The molecule has 3 rings (SSSR count). The first-order valence-corrected chi connectivity index (χ1v) is 8.92. The van der Waals surface area contributed by atoms with E-state index in [-0.39, 0.29) is 11.6 Å². The van der Waals surface area contributed by atoms with E-state index in [4.69, 9.17) is 0 Å². The fraction of sp³-hybridized carbons (Fsp3) is 0.500. The molecule has 128 valence electrons. The summed E-state index contributed by atoms with van der Waals surface area (Å²) < 4.78 is 1.56. The van der Waals surface area contributed by atoms with Crippen LogP contribution in [0.3, 0.4) is 0 Å². The van der Waals surface area contributed by atoms with Crippen LogP contribution in [0.1, 0.15) is 44.9 Å². The average molecular weight is 325 g/mol. The second kappa shape index (κ2) is 6.89. The molecule has 0 fully saturated rings. The Balaban J connectivity index is 1.93. The Morgan fingerprint density at radius 2 is 1.62 bits per heavy atom. The molecule has 0 saturated heterocycles. The van der Waals surface area contributed by atoms with Crippen molar-refractivity contribution in [3.05, 3.63) is 51.8 Å². The topological polar surface area (TPSA) is 38.1 Å². The van der Waals surface area contributed by atoms with Gasteiger partial charge in [-0.3, -0.25) is 4.79 Å². The van der Waals surface area contributed by atoms with E-state index in [0.29, 0.717) is 6.04 Å². The fourth-order valence-electron chi connectivity index (χ4n) is 3.37. The van der Waals surface area contributed by atoms with E-state index in [1.54, 1.807) is 10.7 Å². The van der Waals surface area contributed by atoms with E-state index in [2.05, 4.69) is 42.0 Å². The lowest BCUT2D eigenvalue weighted by Gasteiger charge is -2.23. The molecular weight excluding hydrogens is 298 g/mol. The summed E-state index contributed by atoms with van der Waals surface area (Å²) in [5, 5.41) is 4.55. The smallest absolute Gasteiger partial charge is 0.267 e. The highest BCUT2D eigenvalue weighted by atomic mass is 16.1. The van der Waals surface area contributed by atoms with Crippen LogP contribution in [-0.4, -0.2) is 33.8 Å². The van der Waals surface area contributed by atoms with Gasteiger partial charge in [0.15, 0.2) is 0 Å². The molecule has 2 heterocycles. The summed E-state index contributed by atoms with van der Waals surface area (Å²) in [6.45, 7) is 10.7. The summed E-state index contributed by atoms with van der Waals surface area (Å²) in [5.74, 6) is 0. The van der Waals surface area contributed by atoms with Crippen LogP contribution in [0.15, 0.2) is 35.1 Å². The molecule has 1 aromatic heterocycles. The lowest BCUT2D eigenvalue weighted by atomic mass is 9.99. The summed E-state index contributed by atoms with van der Waals surface area (Å²) in [4.78, 5) is 14.5. The minimum absolute atomic E-state index is 0.0453. The number of rotatable bonds is 3. The third-order valence-electron chi connectivity index (χ3n) is 4.88. The zero-order valence-electron chi connectivity index (χ0n) is 15.1. The first kappa shape index (κ1) is 16.9. The second-order valence-electron chi connectivity index (χ2n) is 7.21. The lowest BCUT2D eigenvalue weighted by molar-refractivity contribution is 0.233. The Bertz CT molecular complexity index is 777. The summed E-state index contributed by atoms with van der Waals surface area (Å²) in [6, 6.07) is 10.8. The van der Waals surface area contributed by atoms with Gasteiger partial charge >= 0.3 is 0 Å². The predicted octanol–water partition coefficient (Wildman–Crippen LogP) is 3.30. The van der Waals surface area contributed by atoms with Crippen molar-refractivity contribution in [2.45, 2.75) is 52.6 Å². The van der Waals surface area contributed by atoms with Gasteiger partial charge in [-0.1, -0.05) is 12.1 Å². The highest BCUT2D eigenvalue weighted by Crippen LogP contribution is 2.24. The van der Waals surface area contributed by atoms with Crippen LogP contribution in [0, 0.1) is 0 Å². The second-order valence-corrected chi connectivity index (χ2v) is 7.21. The molecule has 0 bridgehead atoms. The Morgan fingerprint density at radius 1 is 0.917 bits per heavy atom. The van der Waals surface area contributed by atoms with Crippen molar-refractivity contribution in [3.63, 3.8) is 0 Å². The van der Waals surface area contributed by atoms with Crippen molar-refractivity contribution in [2.24, 2.45) is 0 Å². The normalized spacial score (nSPS) is 15.6. The first-order chi connectivity index (χ1) is 11.5. The van der Waals surface area contributed by atoms with Crippen molar-refractivity contribution < 1.29 is 0 Å².